The van der Waals surface area contributed by atoms with Crippen molar-refractivity contribution in [1.82, 2.24) is 4.90 Å². The molecule has 2 fully saturated rings. The summed E-state index contributed by atoms with van der Waals surface area (Å²) in [5.74, 6) is 0.989. The van der Waals surface area contributed by atoms with Gasteiger partial charge in [-0.3, -0.25) is 4.79 Å². The molecule has 0 aromatic carbocycles. The highest BCUT2D eigenvalue weighted by Gasteiger charge is 2.35. The number of likely N-dealkylation sites (tertiary alicyclic amines) is 1. The van der Waals surface area contributed by atoms with Crippen molar-refractivity contribution in [3.8, 4) is 0 Å². The van der Waals surface area contributed by atoms with Crippen LogP contribution in [0.15, 0.2) is 0 Å². The summed E-state index contributed by atoms with van der Waals surface area (Å²) in [4.78, 5) is 14.2. The summed E-state index contributed by atoms with van der Waals surface area (Å²) < 4.78 is 5.39. The van der Waals surface area contributed by atoms with Gasteiger partial charge in [0.1, 0.15) is 6.61 Å². The van der Waals surface area contributed by atoms with Crippen LogP contribution in [0.4, 0.5) is 0 Å². The lowest BCUT2D eigenvalue weighted by Gasteiger charge is -2.44. The minimum Gasteiger partial charge on any atom is -0.372 e. The summed E-state index contributed by atoms with van der Waals surface area (Å²) >= 11 is 0. The number of ether oxygens (including phenoxy) is 1. The van der Waals surface area contributed by atoms with E-state index in [0.717, 1.165) is 18.9 Å². The van der Waals surface area contributed by atoms with Crippen LogP contribution in [-0.4, -0.2) is 36.6 Å². The fourth-order valence-electron chi connectivity index (χ4n) is 3.32. The van der Waals surface area contributed by atoms with E-state index in [1.54, 1.807) is 0 Å². The molecule has 0 aromatic heterocycles. The third kappa shape index (κ3) is 3.21. The van der Waals surface area contributed by atoms with Crippen molar-refractivity contribution in [2.24, 2.45) is 5.92 Å². The molecule has 0 unspecified atom stereocenters. The Labute approximate surface area is 105 Å². The van der Waals surface area contributed by atoms with E-state index < -0.39 is 0 Å². The smallest absolute Gasteiger partial charge is 0.248 e. The number of fused-ring (bicyclic) bond motifs is 1. The van der Waals surface area contributed by atoms with Crippen molar-refractivity contribution in [2.45, 2.75) is 57.9 Å². The van der Waals surface area contributed by atoms with Gasteiger partial charge < -0.3 is 9.64 Å². The topological polar surface area (TPSA) is 29.5 Å². The lowest BCUT2D eigenvalue weighted by molar-refractivity contribution is -0.142. The van der Waals surface area contributed by atoms with Gasteiger partial charge in [-0.05, 0) is 38.0 Å². The van der Waals surface area contributed by atoms with Gasteiger partial charge in [0.25, 0.3) is 0 Å². The lowest BCUT2D eigenvalue weighted by atomic mass is 9.78. The number of carbonyl (C=O) groups is 1. The first kappa shape index (κ1) is 12.9. The lowest BCUT2D eigenvalue weighted by Crippen LogP contribution is -2.50. The van der Waals surface area contributed by atoms with Crippen LogP contribution in [0.25, 0.3) is 0 Å². The molecule has 1 amide bonds. The Balaban J connectivity index is 1.87. The van der Waals surface area contributed by atoms with E-state index in [2.05, 4.69) is 11.8 Å². The van der Waals surface area contributed by atoms with E-state index in [4.69, 9.17) is 4.74 Å². The molecular weight excluding hydrogens is 214 g/mol. The fraction of sp³-hybridized carbons (Fsp3) is 0.929. The number of rotatable bonds is 4. The highest BCUT2D eigenvalue weighted by molar-refractivity contribution is 5.78. The van der Waals surface area contributed by atoms with E-state index in [9.17, 15) is 4.79 Å². The Morgan fingerprint density at radius 2 is 2.00 bits per heavy atom. The second-order valence-corrected chi connectivity index (χ2v) is 5.39. The van der Waals surface area contributed by atoms with Crippen LogP contribution in [0.5, 0.6) is 0 Å². The van der Waals surface area contributed by atoms with Crippen LogP contribution in [0.1, 0.15) is 51.9 Å². The van der Waals surface area contributed by atoms with Crippen molar-refractivity contribution in [2.75, 3.05) is 19.8 Å². The minimum absolute atomic E-state index is 0.218. The average Bonchev–Trinajstić information content (AvgIpc) is 2.38. The summed E-state index contributed by atoms with van der Waals surface area (Å²) in [6.45, 7) is 4.02. The second kappa shape index (κ2) is 6.39. The van der Waals surface area contributed by atoms with Crippen molar-refractivity contribution in [3.05, 3.63) is 0 Å². The number of hydrogen-bond acceptors (Lipinski definition) is 2. The fourth-order valence-corrected chi connectivity index (χ4v) is 3.32. The molecule has 2 aliphatic rings. The molecule has 98 valence electrons. The van der Waals surface area contributed by atoms with Gasteiger partial charge in [0.15, 0.2) is 0 Å². The molecule has 3 heteroatoms. The van der Waals surface area contributed by atoms with E-state index in [1.807, 2.05) is 0 Å². The first-order chi connectivity index (χ1) is 8.33. The summed E-state index contributed by atoms with van der Waals surface area (Å²) in [6.07, 6.45) is 8.68. The van der Waals surface area contributed by atoms with Crippen LogP contribution in [0.2, 0.25) is 0 Å². The van der Waals surface area contributed by atoms with Crippen molar-refractivity contribution < 1.29 is 9.53 Å². The third-order valence-electron chi connectivity index (χ3n) is 4.14. The Morgan fingerprint density at radius 1 is 1.24 bits per heavy atom. The number of piperidine rings is 1. The summed E-state index contributed by atoms with van der Waals surface area (Å²) in [7, 11) is 0. The second-order valence-electron chi connectivity index (χ2n) is 5.39. The van der Waals surface area contributed by atoms with Gasteiger partial charge in [-0.2, -0.15) is 0 Å². The molecule has 17 heavy (non-hydrogen) atoms. The number of nitrogens with zero attached hydrogens (tertiary/aromatic N) is 1. The average molecular weight is 239 g/mol. The summed E-state index contributed by atoms with van der Waals surface area (Å²) in [5.41, 5.74) is 0. The van der Waals surface area contributed by atoms with Crippen LogP contribution in [-0.2, 0) is 9.53 Å². The highest BCUT2D eigenvalue weighted by Crippen LogP contribution is 2.35. The van der Waals surface area contributed by atoms with Gasteiger partial charge in [-0.25, -0.2) is 0 Å². The summed E-state index contributed by atoms with van der Waals surface area (Å²) in [6, 6.07) is 0.523. The predicted octanol–water partition coefficient (Wildman–Crippen LogP) is 2.59. The largest absolute Gasteiger partial charge is 0.372 e. The maximum Gasteiger partial charge on any atom is 0.248 e. The Kier molecular flexibility index (Phi) is 4.84. The van der Waals surface area contributed by atoms with Gasteiger partial charge >= 0.3 is 0 Å². The molecule has 3 nitrogen and oxygen atoms in total. The maximum atomic E-state index is 12.1. The Morgan fingerprint density at radius 3 is 2.82 bits per heavy atom. The molecule has 1 saturated carbocycles. The molecule has 0 aromatic rings. The normalized spacial score (nSPS) is 28.9. The van der Waals surface area contributed by atoms with Gasteiger partial charge in [-0.15, -0.1) is 0 Å². The van der Waals surface area contributed by atoms with Gasteiger partial charge in [-0.1, -0.05) is 19.8 Å². The van der Waals surface area contributed by atoms with Crippen LogP contribution >= 0.6 is 0 Å². The van der Waals surface area contributed by atoms with Gasteiger partial charge in [0, 0.05) is 19.2 Å². The highest BCUT2D eigenvalue weighted by atomic mass is 16.5. The number of amides is 1. The molecule has 1 saturated heterocycles. The Bertz CT molecular complexity index is 253. The zero-order valence-corrected chi connectivity index (χ0v) is 11.0. The van der Waals surface area contributed by atoms with Crippen LogP contribution in [0.3, 0.4) is 0 Å². The molecule has 0 spiro atoms. The van der Waals surface area contributed by atoms with E-state index in [0.29, 0.717) is 12.6 Å². The zero-order valence-electron chi connectivity index (χ0n) is 11.0. The molecule has 1 aliphatic heterocycles. The van der Waals surface area contributed by atoms with Crippen LogP contribution in [0, 0.1) is 5.92 Å². The van der Waals surface area contributed by atoms with Crippen LogP contribution < -0.4 is 0 Å². The van der Waals surface area contributed by atoms with Crippen molar-refractivity contribution >= 4 is 5.91 Å². The molecule has 2 atom stereocenters. The molecule has 1 aliphatic carbocycles. The minimum atomic E-state index is 0.218. The first-order valence-electron chi connectivity index (χ1n) is 7.20. The Hall–Kier alpha value is -0.570. The maximum absolute atomic E-state index is 12.1. The molecule has 2 rings (SSSR count). The zero-order chi connectivity index (χ0) is 12.1. The first-order valence-corrected chi connectivity index (χ1v) is 7.20. The molecule has 0 bridgehead atoms. The van der Waals surface area contributed by atoms with Gasteiger partial charge in [0.2, 0.25) is 5.91 Å². The quantitative estimate of drug-likeness (QED) is 0.706. The van der Waals surface area contributed by atoms with Gasteiger partial charge in [0.05, 0.1) is 0 Å². The molecule has 1 heterocycles. The standard InChI is InChI=1S/C14H25NO2/c1-2-10-17-11-14(16)15-9-5-7-12-6-3-4-8-13(12)15/h12-13H,2-11H2,1H3/t12-,13-/m1/s1. The van der Waals surface area contributed by atoms with Crippen molar-refractivity contribution in [3.63, 3.8) is 0 Å². The molecular formula is C14H25NO2. The van der Waals surface area contributed by atoms with E-state index >= 15 is 0 Å². The van der Waals surface area contributed by atoms with E-state index in [-0.39, 0.29) is 12.5 Å². The number of carbonyl (C=O) groups excluding carboxylic acids is 1. The van der Waals surface area contributed by atoms with E-state index in [1.165, 1.54) is 38.5 Å². The summed E-state index contributed by atoms with van der Waals surface area (Å²) in [5, 5.41) is 0. The molecule has 0 radical (unpaired) electrons. The molecule has 0 N–H and O–H groups in total. The number of hydrogen-bond donors (Lipinski definition) is 0. The predicted molar refractivity (Wildman–Crippen MR) is 67.8 cm³/mol. The van der Waals surface area contributed by atoms with Crippen molar-refractivity contribution in [1.29, 1.82) is 0 Å². The third-order valence-corrected chi connectivity index (χ3v) is 4.14. The SMILES string of the molecule is CCCOCC(=O)N1CCC[C@H]2CCCC[C@H]21. The monoisotopic (exact) mass is 239 g/mol.